The fourth-order valence-electron chi connectivity index (χ4n) is 3.26. The van der Waals surface area contributed by atoms with Gasteiger partial charge in [-0.15, -0.1) is 12.8 Å². The number of nitrogens with zero attached hydrogens (tertiary/aromatic N) is 1. The van der Waals surface area contributed by atoms with Crippen molar-refractivity contribution in [2.24, 2.45) is 0 Å². The van der Waals surface area contributed by atoms with Crippen LogP contribution in [0.25, 0.3) is 0 Å². The number of terminal acetylenes is 1. The Labute approximate surface area is 238 Å². The minimum Gasteiger partial charge on any atom is -0.431 e. The Bertz CT molecular complexity index is 980. The summed E-state index contributed by atoms with van der Waals surface area (Å²) >= 11 is 0. The molecule has 15 nitrogen and oxygen atoms in total. The predicted octanol–water partition coefficient (Wildman–Crippen LogP) is 4.09. The number of urea groups is 1. The van der Waals surface area contributed by atoms with Crippen LogP contribution in [0.1, 0.15) is 52.4 Å². The highest BCUT2D eigenvalue weighted by Gasteiger charge is 2.34. The number of hydrogen-bond acceptors (Lipinski definition) is 13. The van der Waals surface area contributed by atoms with E-state index < -0.39 is 52.1 Å². The van der Waals surface area contributed by atoms with Gasteiger partial charge in [-0.2, -0.15) is 0 Å². The summed E-state index contributed by atoms with van der Waals surface area (Å²) in [6.07, 6.45) is 13.4. The lowest BCUT2D eigenvalue weighted by Crippen LogP contribution is -2.42. The Balaban J connectivity index is 0.00000287. The van der Waals surface area contributed by atoms with E-state index in [-0.39, 0.29) is 25.2 Å². The number of imide groups is 1. The van der Waals surface area contributed by atoms with Crippen LogP contribution >= 0.6 is 7.82 Å². The maximum absolute atomic E-state index is 13.1. The molecule has 0 radical (unpaired) electrons. The molecule has 0 saturated heterocycles. The van der Waals surface area contributed by atoms with Gasteiger partial charge in [-0.1, -0.05) is 11.6 Å². The molecule has 2 atom stereocenters. The topological polar surface area (TPSA) is 174 Å². The summed E-state index contributed by atoms with van der Waals surface area (Å²) in [5.74, 6) is 0. The summed E-state index contributed by atoms with van der Waals surface area (Å²) in [7, 11) is -4.46. The lowest BCUT2D eigenvalue weighted by Gasteiger charge is -2.26. The lowest BCUT2D eigenvalue weighted by atomic mass is 9.96. The first kappa shape index (κ1) is 33.8. The van der Waals surface area contributed by atoms with Gasteiger partial charge < -0.3 is 23.7 Å². The van der Waals surface area contributed by atoms with Crippen molar-refractivity contribution in [3.63, 3.8) is 0 Å². The van der Waals surface area contributed by atoms with Crippen LogP contribution in [0.3, 0.4) is 0 Å². The number of phosphoric acid groups is 1. The molecule has 41 heavy (non-hydrogen) atoms. The second-order valence-corrected chi connectivity index (χ2v) is 10.7. The molecule has 0 spiro atoms. The average molecular weight is 603 g/mol. The van der Waals surface area contributed by atoms with Crippen LogP contribution in [0, 0.1) is 12.8 Å². The van der Waals surface area contributed by atoms with E-state index in [0.29, 0.717) is 0 Å². The number of carbonyl (C=O) groups is 4. The minimum absolute atomic E-state index is 0.231. The zero-order chi connectivity index (χ0) is 30.3. The van der Waals surface area contributed by atoms with Gasteiger partial charge in [-0.05, 0) is 58.4 Å². The molecule has 2 aliphatic carbocycles. The van der Waals surface area contributed by atoms with Gasteiger partial charge in [0.25, 0.3) is 0 Å². The SMILES string of the molecule is C#C.CC(C)=CN(C(=O)NC=O)[C@H]1C=C[C@@H](COP(=O)(OCOC(=O)OC2CCC2)OCOC(=O)OC2CCC2)O1. The van der Waals surface area contributed by atoms with Gasteiger partial charge in [-0.25, -0.2) is 28.0 Å². The second-order valence-electron chi connectivity index (χ2n) is 9.00. The van der Waals surface area contributed by atoms with E-state index in [1.54, 1.807) is 13.8 Å². The Kier molecular flexibility index (Phi) is 14.4. The Morgan fingerprint density at radius 3 is 1.93 bits per heavy atom. The summed E-state index contributed by atoms with van der Waals surface area (Å²) in [5.41, 5.74) is 0.755. The van der Waals surface area contributed by atoms with Gasteiger partial charge in [0.2, 0.25) is 20.0 Å². The van der Waals surface area contributed by atoms with E-state index in [1.165, 1.54) is 18.4 Å². The van der Waals surface area contributed by atoms with E-state index in [0.717, 1.165) is 49.0 Å². The van der Waals surface area contributed by atoms with Gasteiger partial charge in [0, 0.05) is 6.20 Å². The zero-order valence-corrected chi connectivity index (χ0v) is 23.7. The largest absolute Gasteiger partial charge is 0.510 e. The van der Waals surface area contributed by atoms with Crippen molar-refractivity contribution in [3.05, 3.63) is 23.9 Å². The molecule has 1 heterocycles. The molecular weight excluding hydrogens is 567 g/mol. The Hall–Kier alpha value is -3.41. The summed E-state index contributed by atoms with van der Waals surface area (Å²) in [5, 5.41) is 2.03. The third-order valence-electron chi connectivity index (χ3n) is 5.70. The molecule has 0 aromatic rings. The van der Waals surface area contributed by atoms with Gasteiger partial charge in [0.05, 0.1) is 6.61 Å². The van der Waals surface area contributed by atoms with Crippen LogP contribution in [0.2, 0.25) is 0 Å². The number of allylic oxidation sites excluding steroid dienone is 1. The maximum atomic E-state index is 13.1. The molecule has 0 aromatic carbocycles. The van der Waals surface area contributed by atoms with Crippen molar-refractivity contribution < 1.29 is 61.0 Å². The number of ether oxygens (including phenoxy) is 5. The molecule has 3 aliphatic rings. The van der Waals surface area contributed by atoms with Crippen LogP contribution in [0.4, 0.5) is 14.4 Å². The maximum Gasteiger partial charge on any atom is 0.510 e. The van der Waals surface area contributed by atoms with Crippen LogP contribution in [-0.4, -0.2) is 74.4 Å². The Morgan fingerprint density at radius 1 is 0.951 bits per heavy atom. The second kappa shape index (κ2) is 17.4. The third-order valence-corrected chi connectivity index (χ3v) is 7.00. The van der Waals surface area contributed by atoms with Crippen LogP contribution in [0.5, 0.6) is 0 Å². The quantitative estimate of drug-likeness (QED) is 0.0752. The molecule has 16 heteroatoms. The fraction of sp³-hybridized carbons (Fsp3) is 0.600. The molecule has 228 valence electrons. The third kappa shape index (κ3) is 11.9. The van der Waals surface area contributed by atoms with E-state index in [2.05, 4.69) is 12.8 Å². The van der Waals surface area contributed by atoms with E-state index in [4.69, 9.17) is 37.3 Å². The molecule has 1 aliphatic heterocycles. The van der Waals surface area contributed by atoms with Crippen LogP contribution < -0.4 is 5.32 Å². The van der Waals surface area contributed by atoms with Gasteiger partial charge >= 0.3 is 26.2 Å². The van der Waals surface area contributed by atoms with Crippen molar-refractivity contribution in [2.45, 2.75) is 76.9 Å². The summed E-state index contributed by atoms with van der Waals surface area (Å²) in [6, 6.07) is -0.725. The highest BCUT2D eigenvalue weighted by molar-refractivity contribution is 7.48. The number of phosphoric ester groups is 1. The molecular formula is C25H35N2O13P. The van der Waals surface area contributed by atoms with Gasteiger partial charge in [0.1, 0.15) is 18.3 Å². The number of amides is 3. The van der Waals surface area contributed by atoms with Crippen molar-refractivity contribution in [1.82, 2.24) is 10.2 Å². The summed E-state index contributed by atoms with van der Waals surface area (Å²) < 4.78 is 53.8. The molecule has 3 rings (SSSR count). The molecule has 0 unspecified atom stereocenters. The molecule has 2 saturated carbocycles. The Morgan fingerprint density at radius 2 is 1.49 bits per heavy atom. The number of rotatable bonds is 14. The standard InChI is InChI=1S/C23H33N2O13P.C2H2/c1-16(2)11-25(21(27)24-13-26)20-10-9-19(36-20)12-33-39(30,34-14-31-22(28)37-17-5-3-6-17)35-15-32-23(29)38-18-7-4-8-18;1-2/h9-11,13,17-20H,3-8,12,14-15H2,1-2H3,(H,24,26,27);1-2H/t19-,20+;/m0./s1. The highest BCUT2D eigenvalue weighted by atomic mass is 31.2. The van der Waals surface area contributed by atoms with Gasteiger partial charge in [-0.3, -0.25) is 19.5 Å². The predicted molar refractivity (Wildman–Crippen MR) is 139 cm³/mol. The van der Waals surface area contributed by atoms with Crippen LogP contribution in [-0.2, 0) is 46.6 Å². The van der Waals surface area contributed by atoms with Crippen LogP contribution in [0.15, 0.2) is 23.9 Å². The average Bonchev–Trinajstić information content (AvgIpc) is 3.36. The molecule has 1 N–H and O–H groups in total. The number of nitrogens with one attached hydrogen (secondary N) is 1. The van der Waals surface area contributed by atoms with Crippen molar-refractivity contribution in [1.29, 1.82) is 0 Å². The number of hydrogen-bond donors (Lipinski definition) is 1. The minimum atomic E-state index is -4.46. The first-order valence-corrected chi connectivity index (χ1v) is 14.2. The van der Waals surface area contributed by atoms with E-state index >= 15 is 0 Å². The molecule has 0 aromatic heterocycles. The van der Waals surface area contributed by atoms with Crippen molar-refractivity contribution in [2.75, 3.05) is 20.2 Å². The monoisotopic (exact) mass is 602 g/mol. The number of carbonyl (C=O) groups excluding carboxylic acids is 4. The highest BCUT2D eigenvalue weighted by Crippen LogP contribution is 2.49. The van der Waals surface area contributed by atoms with E-state index in [9.17, 15) is 23.7 Å². The first-order valence-electron chi connectivity index (χ1n) is 12.7. The normalized spacial score (nSPS) is 19.7. The molecule has 3 amide bonds. The zero-order valence-electron chi connectivity index (χ0n) is 22.8. The summed E-state index contributed by atoms with van der Waals surface area (Å²) in [6.45, 7) is 1.44. The first-order chi connectivity index (χ1) is 19.7. The molecule has 0 bridgehead atoms. The fourth-order valence-corrected chi connectivity index (χ4v) is 4.18. The van der Waals surface area contributed by atoms with E-state index in [1.807, 2.05) is 5.32 Å². The van der Waals surface area contributed by atoms with Crippen molar-refractivity contribution in [3.8, 4) is 12.8 Å². The lowest BCUT2D eigenvalue weighted by molar-refractivity contribution is -0.109. The smallest absolute Gasteiger partial charge is 0.431 e. The molecule has 2 fully saturated rings. The van der Waals surface area contributed by atoms with Gasteiger partial charge in [0.15, 0.2) is 6.23 Å². The van der Waals surface area contributed by atoms with Crippen molar-refractivity contribution >= 4 is 32.6 Å². The summed E-state index contributed by atoms with van der Waals surface area (Å²) in [4.78, 5) is 47.6.